The average Bonchev–Trinajstić information content (AvgIpc) is 2.02. The SMILES string of the molecule is CCCCCCC[C@@H](O)CC(N)=O. The highest BCUT2D eigenvalue weighted by molar-refractivity contribution is 5.74. The summed E-state index contributed by atoms with van der Waals surface area (Å²) in [4.78, 5) is 10.4. The fourth-order valence-corrected chi connectivity index (χ4v) is 1.32. The van der Waals surface area contributed by atoms with Gasteiger partial charge >= 0.3 is 0 Å². The summed E-state index contributed by atoms with van der Waals surface area (Å²) < 4.78 is 0. The fourth-order valence-electron chi connectivity index (χ4n) is 1.32. The van der Waals surface area contributed by atoms with Gasteiger partial charge in [0.25, 0.3) is 0 Å². The van der Waals surface area contributed by atoms with Crippen LogP contribution in [0.3, 0.4) is 0 Å². The third kappa shape index (κ3) is 9.34. The Morgan fingerprint density at radius 1 is 1.31 bits per heavy atom. The number of rotatable bonds is 8. The number of aliphatic hydroxyl groups excluding tert-OH is 1. The van der Waals surface area contributed by atoms with Gasteiger partial charge < -0.3 is 10.8 Å². The summed E-state index contributed by atoms with van der Waals surface area (Å²) in [7, 11) is 0. The first-order chi connectivity index (χ1) is 6.16. The van der Waals surface area contributed by atoms with Crippen LogP contribution in [0.15, 0.2) is 0 Å². The van der Waals surface area contributed by atoms with Crippen LogP contribution < -0.4 is 5.73 Å². The van der Waals surface area contributed by atoms with Gasteiger partial charge in [-0.15, -0.1) is 0 Å². The molecule has 0 heterocycles. The van der Waals surface area contributed by atoms with E-state index in [2.05, 4.69) is 6.92 Å². The summed E-state index contributed by atoms with van der Waals surface area (Å²) in [6.45, 7) is 2.17. The number of unbranched alkanes of at least 4 members (excludes halogenated alkanes) is 4. The van der Waals surface area contributed by atoms with Crippen LogP contribution in [-0.2, 0) is 4.79 Å². The average molecular weight is 187 g/mol. The van der Waals surface area contributed by atoms with Gasteiger partial charge in [-0.05, 0) is 6.42 Å². The highest BCUT2D eigenvalue weighted by Crippen LogP contribution is 2.08. The van der Waals surface area contributed by atoms with Crippen LogP contribution in [0.2, 0.25) is 0 Å². The van der Waals surface area contributed by atoms with Gasteiger partial charge in [0.05, 0.1) is 12.5 Å². The highest BCUT2D eigenvalue weighted by atomic mass is 16.3. The lowest BCUT2D eigenvalue weighted by Crippen LogP contribution is -2.19. The number of nitrogens with two attached hydrogens (primary N) is 1. The molecule has 78 valence electrons. The van der Waals surface area contributed by atoms with Gasteiger partial charge in [0.2, 0.25) is 5.91 Å². The van der Waals surface area contributed by atoms with Crippen molar-refractivity contribution in [1.29, 1.82) is 0 Å². The largest absolute Gasteiger partial charge is 0.393 e. The Morgan fingerprint density at radius 2 is 1.92 bits per heavy atom. The van der Waals surface area contributed by atoms with Crippen molar-refractivity contribution in [2.24, 2.45) is 5.73 Å². The Hall–Kier alpha value is -0.570. The number of amides is 1. The molecule has 13 heavy (non-hydrogen) atoms. The molecule has 0 saturated carbocycles. The van der Waals surface area contributed by atoms with Crippen LogP contribution in [0.1, 0.15) is 51.9 Å². The predicted molar refractivity (Wildman–Crippen MR) is 53.2 cm³/mol. The standard InChI is InChI=1S/C10H21NO2/c1-2-3-4-5-6-7-9(12)8-10(11)13/h9,12H,2-8H2,1H3,(H2,11,13)/t9-/m1/s1. The highest BCUT2D eigenvalue weighted by Gasteiger charge is 2.06. The van der Waals surface area contributed by atoms with Crippen molar-refractivity contribution < 1.29 is 9.90 Å². The molecule has 0 aliphatic heterocycles. The molecule has 0 aliphatic carbocycles. The molecular weight excluding hydrogens is 166 g/mol. The van der Waals surface area contributed by atoms with Gasteiger partial charge in [0, 0.05) is 0 Å². The topological polar surface area (TPSA) is 63.3 Å². The Morgan fingerprint density at radius 3 is 2.46 bits per heavy atom. The summed E-state index contributed by atoms with van der Waals surface area (Å²) in [5.74, 6) is -0.416. The molecule has 3 nitrogen and oxygen atoms in total. The Balaban J connectivity index is 3.17. The van der Waals surface area contributed by atoms with Crippen LogP contribution in [0, 0.1) is 0 Å². The van der Waals surface area contributed by atoms with Crippen molar-refractivity contribution in [2.75, 3.05) is 0 Å². The molecule has 0 fully saturated rings. The first kappa shape index (κ1) is 12.4. The van der Waals surface area contributed by atoms with Crippen molar-refractivity contribution in [3.05, 3.63) is 0 Å². The first-order valence-electron chi connectivity index (χ1n) is 5.13. The first-order valence-corrected chi connectivity index (χ1v) is 5.13. The quantitative estimate of drug-likeness (QED) is 0.567. The van der Waals surface area contributed by atoms with Crippen LogP contribution in [-0.4, -0.2) is 17.1 Å². The van der Waals surface area contributed by atoms with E-state index in [-0.39, 0.29) is 6.42 Å². The molecule has 3 heteroatoms. The molecule has 3 N–H and O–H groups in total. The lowest BCUT2D eigenvalue weighted by Gasteiger charge is -2.07. The Kier molecular flexibility index (Phi) is 7.69. The minimum Gasteiger partial charge on any atom is -0.393 e. The molecule has 0 aromatic heterocycles. The number of aliphatic hydroxyl groups is 1. The zero-order chi connectivity index (χ0) is 10.1. The maximum atomic E-state index is 10.4. The summed E-state index contributed by atoms with van der Waals surface area (Å²) in [6, 6.07) is 0. The van der Waals surface area contributed by atoms with E-state index in [0.29, 0.717) is 6.42 Å². The maximum Gasteiger partial charge on any atom is 0.220 e. The molecule has 1 amide bonds. The molecular formula is C10H21NO2. The second-order valence-electron chi connectivity index (χ2n) is 3.53. The van der Waals surface area contributed by atoms with Crippen LogP contribution in [0.4, 0.5) is 0 Å². The van der Waals surface area contributed by atoms with Crippen molar-refractivity contribution >= 4 is 5.91 Å². The molecule has 0 rings (SSSR count). The molecule has 0 aliphatic rings. The van der Waals surface area contributed by atoms with Crippen LogP contribution >= 0.6 is 0 Å². The zero-order valence-corrected chi connectivity index (χ0v) is 8.46. The molecule has 0 radical (unpaired) electrons. The van der Waals surface area contributed by atoms with E-state index in [0.717, 1.165) is 12.8 Å². The van der Waals surface area contributed by atoms with Gasteiger partial charge in [-0.3, -0.25) is 4.79 Å². The van der Waals surface area contributed by atoms with Crippen LogP contribution in [0.5, 0.6) is 0 Å². The monoisotopic (exact) mass is 187 g/mol. The summed E-state index contributed by atoms with van der Waals surface area (Å²) in [5.41, 5.74) is 4.95. The van der Waals surface area contributed by atoms with Crippen molar-refractivity contribution in [2.45, 2.75) is 58.0 Å². The van der Waals surface area contributed by atoms with Crippen molar-refractivity contribution in [1.82, 2.24) is 0 Å². The third-order valence-electron chi connectivity index (χ3n) is 2.08. The number of hydrogen-bond acceptors (Lipinski definition) is 2. The van der Waals surface area contributed by atoms with Gasteiger partial charge in [-0.2, -0.15) is 0 Å². The number of carbonyl (C=O) groups excluding carboxylic acids is 1. The van der Waals surface area contributed by atoms with Gasteiger partial charge in [-0.1, -0.05) is 39.0 Å². The van der Waals surface area contributed by atoms with E-state index in [1.165, 1.54) is 19.3 Å². The third-order valence-corrected chi connectivity index (χ3v) is 2.08. The van der Waals surface area contributed by atoms with E-state index >= 15 is 0 Å². The molecule has 0 unspecified atom stereocenters. The predicted octanol–water partition coefficient (Wildman–Crippen LogP) is 1.58. The second kappa shape index (κ2) is 8.05. The smallest absolute Gasteiger partial charge is 0.220 e. The second-order valence-corrected chi connectivity index (χ2v) is 3.53. The van der Waals surface area contributed by atoms with E-state index < -0.39 is 12.0 Å². The van der Waals surface area contributed by atoms with E-state index in [1.54, 1.807) is 0 Å². The molecule has 0 spiro atoms. The molecule has 1 atom stereocenters. The lowest BCUT2D eigenvalue weighted by atomic mass is 10.1. The molecule has 0 aromatic carbocycles. The van der Waals surface area contributed by atoms with E-state index in [4.69, 9.17) is 5.73 Å². The van der Waals surface area contributed by atoms with Crippen LogP contribution in [0.25, 0.3) is 0 Å². The lowest BCUT2D eigenvalue weighted by molar-refractivity contribution is -0.119. The number of hydrogen-bond donors (Lipinski definition) is 2. The van der Waals surface area contributed by atoms with Gasteiger partial charge in [0.15, 0.2) is 0 Å². The number of carbonyl (C=O) groups is 1. The van der Waals surface area contributed by atoms with Gasteiger partial charge in [0.1, 0.15) is 0 Å². The Labute approximate surface area is 80.3 Å². The Bertz CT molecular complexity index is 137. The normalized spacial score (nSPS) is 12.8. The summed E-state index contributed by atoms with van der Waals surface area (Å²) in [5, 5.41) is 9.28. The molecule has 0 saturated heterocycles. The number of primary amides is 1. The molecule has 0 aromatic rings. The van der Waals surface area contributed by atoms with Crippen molar-refractivity contribution in [3.63, 3.8) is 0 Å². The summed E-state index contributed by atoms with van der Waals surface area (Å²) >= 11 is 0. The van der Waals surface area contributed by atoms with E-state index in [1.807, 2.05) is 0 Å². The summed E-state index contributed by atoms with van der Waals surface area (Å²) in [6.07, 6.45) is 6.12. The fraction of sp³-hybridized carbons (Fsp3) is 0.900. The van der Waals surface area contributed by atoms with Crippen molar-refractivity contribution in [3.8, 4) is 0 Å². The maximum absolute atomic E-state index is 10.4. The minimum atomic E-state index is -0.529. The van der Waals surface area contributed by atoms with Gasteiger partial charge in [-0.25, -0.2) is 0 Å². The molecule has 0 bridgehead atoms. The van der Waals surface area contributed by atoms with E-state index in [9.17, 15) is 9.90 Å². The minimum absolute atomic E-state index is 0.105. The zero-order valence-electron chi connectivity index (χ0n) is 8.46.